The molecule has 0 saturated heterocycles. The van der Waals surface area contributed by atoms with Crippen LogP contribution in [-0.2, 0) is 0 Å². The van der Waals surface area contributed by atoms with Crippen molar-refractivity contribution < 1.29 is 22.8 Å². The van der Waals surface area contributed by atoms with Crippen LogP contribution in [0.5, 0.6) is 0 Å². The molecule has 0 unspecified atom stereocenters. The number of hydrogen-bond donors (Lipinski definition) is 3. The van der Waals surface area contributed by atoms with Crippen molar-refractivity contribution in [3.63, 3.8) is 0 Å². The summed E-state index contributed by atoms with van der Waals surface area (Å²) in [4.78, 5) is 27.6. The predicted octanol–water partition coefficient (Wildman–Crippen LogP) is -0.199. The van der Waals surface area contributed by atoms with Crippen LogP contribution in [0.25, 0.3) is 0 Å². The number of nitrogens with zero attached hydrogens (tertiary/aromatic N) is 1. The van der Waals surface area contributed by atoms with Crippen LogP contribution in [0, 0.1) is 0 Å². The van der Waals surface area contributed by atoms with Gasteiger partial charge >= 0.3 is 6.18 Å². The molecule has 88 valence electrons. The smallest absolute Gasteiger partial charge is 0.364 e. The van der Waals surface area contributed by atoms with Crippen molar-refractivity contribution in [2.75, 3.05) is 6.54 Å². The highest BCUT2D eigenvalue weighted by Crippen LogP contribution is 2.12. The van der Waals surface area contributed by atoms with Crippen molar-refractivity contribution >= 4 is 11.8 Å². The third kappa shape index (κ3) is 2.97. The van der Waals surface area contributed by atoms with E-state index >= 15 is 0 Å². The van der Waals surface area contributed by atoms with E-state index in [-0.39, 0.29) is 0 Å². The van der Waals surface area contributed by atoms with Crippen LogP contribution in [-0.4, -0.2) is 34.5 Å². The van der Waals surface area contributed by atoms with Crippen molar-refractivity contribution in [3.8, 4) is 0 Å². The van der Waals surface area contributed by atoms with Crippen LogP contribution in [0.15, 0.2) is 6.33 Å². The Kier molecular flexibility index (Phi) is 3.16. The van der Waals surface area contributed by atoms with E-state index in [1.54, 1.807) is 5.32 Å². The predicted molar refractivity (Wildman–Crippen MR) is 45.5 cm³/mol. The first-order valence-corrected chi connectivity index (χ1v) is 3.99. The lowest BCUT2D eigenvalue weighted by atomic mass is 10.3. The highest BCUT2D eigenvalue weighted by Gasteiger charge is 2.29. The standard InChI is InChI=1S/C7H7F3N4O2/c8-7(9,10)1-12-6(16)4-3(5(11)15)13-2-14-4/h2H,1H2,(H2,11,15)(H,12,16)(H,13,14). The van der Waals surface area contributed by atoms with Crippen molar-refractivity contribution in [2.45, 2.75) is 6.18 Å². The summed E-state index contributed by atoms with van der Waals surface area (Å²) in [6.07, 6.45) is -3.54. The molecule has 1 aromatic heterocycles. The monoisotopic (exact) mass is 236 g/mol. The van der Waals surface area contributed by atoms with Gasteiger partial charge in [-0.2, -0.15) is 13.2 Å². The number of aromatic amines is 1. The van der Waals surface area contributed by atoms with Gasteiger partial charge < -0.3 is 16.0 Å². The summed E-state index contributed by atoms with van der Waals surface area (Å²) in [5.74, 6) is -2.10. The van der Waals surface area contributed by atoms with Gasteiger partial charge in [0.1, 0.15) is 12.2 Å². The molecule has 0 spiro atoms. The Morgan fingerprint density at radius 2 is 2.12 bits per heavy atom. The Morgan fingerprint density at radius 3 is 2.62 bits per heavy atom. The minimum Gasteiger partial charge on any atom is -0.364 e. The fourth-order valence-electron chi connectivity index (χ4n) is 0.923. The van der Waals surface area contributed by atoms with Crippen LogP contribution >= 0.6 is 0 Å². The normalized spacial score (nSPS) is 11.2. The van der Waals surface area contributed by atoms with E-state index in [9.17, 15) is 22.8 Å². The zero-order valence-corrected chi connectivity index (χ0v) is 7.76. The molecule has 4 N–H and O–H groups in total. The van der Waals surface area contributed by atoms with Crippen LogP contribution in [0.1, 0.15) is 21.0 Å². The van der Waals surface area contributed by atoms with Gasteiger partial charge in [0.05, 0.1) is 6.33 Å². The number of carbonyl (C=O) groups excluding carboxylic acids is 2. The quantitative estimate of drug-likeness (QED) is 0.677. The minimum absolute atomic E-state index is 0.392. The Morgan fingerprint density at radius 1 is 1.50 bits per heavy atom. The van der Waals surface area contributed by atoms with Gasteiger partial charge in [0.15, 0.2) is 5.69 Å². The summed E-state index contributed by atoms with van der Waals surface area (Å²) in [7, 11) is 0. The van der Waals surface area contributed by atoms with Crippen molar-refractivity contribution in [1.29, 1.82) is 0 Å². The Bertz CT molecular complexity index is 412. The zero-order chi connectivity index (χ0) is 12.3. The molecule has 0 bridgehead atoms. The molecule has 6 nitrogen and oxygen atoms in total. The fraction of sp³-hybridized carbons (Fsp3) is 0.286. The SMILES string of the molecule is NC(=O)c1nc[nH]c1C(=O)NCC(F)(F)F. The molecule has 0 atom stereocenters. The van der Waals surface area contributed by atoms with Gasteiger partial charge in [0, 0.05) is 0 Å². The number of halogens is 3. The molecule has 0 aliphatic rings. The summed E-state index contributed by atoms with van der Waals surface area (Å²) in [5, 5.41) is 1.58. The second-order valence-corrected chi connectivity index (χ2v) is 2.79. The summed E-state index contributed by atoms with van der Waals surface area (Å²) in [5.41, 5.74) is 4.06. The van der Waals surface area contributed by atoms with E-state index in [1.165, 1.54) is 0 Å². The van der Waals surface area contributed by atoms with E-state index in [4.69, 9.17) is 5.73 Å². The maximum absolute atomic E-state index is 11.8. The van der Waals surface area contributed by atoms with E-state index in [0.717, 1.165) is 6.33 Å². The van der Waals surface area contributed by atoms with Crippen molar-refractivity contribution in [1.82, 2.24) is 15.3 Å². The molecular weight excluding hydrogens is 229 g/mol. The summed E-state index contributed by atoms with van der Waals surface area (Å²) >= 11 is 0. The molecule has 2 amide bonds. The Balaban J connectivity index is 2.74. The van der Waals surface area contributed by atoms with Gasteiger partial charge in [-0.3, -0.25) is 9.59 Å². The lowest BCUT2D eigenvalue weighted by molar-refractivity contribution is -0.123. The highest BCUT2D eigenvalue weighted by atomic mass is 19.4. The van der Waals surface area contributed by atoms with Gasteiger partial charge in [0.25, 0.3) is 11.8 Å². The van der Waals surface area contributed by atoms with E-state index in [2.05, 4.69) is 9.97 Å². The molecule has 1 rings (SSSR count). The van der Waals surface area contributed by atoms with E-state index in [0.29, 0.717) is 0 Å². The molecule has 0 fully saturated rings. The van der Waals surface area contributed by atoms with Crippen LogP contribution in [0.2, 0.25) is 0 Å². The minimum atomic E-state index is -4.53. The number of alkyl halides is 3. The van der Waals surface area contributed by atoms with Crippen LogP contribution < -0.4 is 11.1 Å². The lowest BCUT2D eigenvalue weighted by Crippen LogP contribution is -2.35. The lowest BCUT2D eigenvalue weighted by Gasteiger charge is -2.07. The number of carbonyl (C=O) groups is 2. The summed E-state index contributed by atoms with van der Waals surface area (Å²) in [6.45, 7) is -1.50. The van der Waals surface area contributed by atoms with Crippen molar-refractivity contribution in [3.05, 3.63) is 17.7 Å². The van der Waals surface area contributed by atoms with E-state index in [1.807, 2.05) is 0 Å². The maximum Gasteiger partial charge on any atom is 0.405 e. The molecule has 0 saturated carbocycles. The number of H-pyrrole nitrogens is 1. The average Bonchev–Trinajstić information content (AvgIpc) is 2.61. The third-order valence-electron chi connectivity index (χ3n) is 1.55. The molecule has 9 heteroatoms. The van der Waals surface area contributed by atoms with Gasteiger partial charge in [0.2, 0.25) is 0 Å². The molecule has 0 aliphatic heterocycles. The average molecular weight is 236 g/mol. The zero-order valence-electron chi connectivity index (χ0n) is 7.76. The molecule has 16 heavy (non-hydrogen) atoms. The van der Waals surface area contributed by atoms with Gasteiger partial charge in [-0.1, -0.05) is 0 Å². The van der Waals surface area contributed by atoms with E-state index < -0.39 is 35.9 Å². The second kappa shape index (κ2) is 4.21. The number of amides is 2. The molecule has 0 aromatic carbocycles. The Hall–Kier alpha value is -2.06. The van der Waals surface area contributed by atoms with Gasteiger partial charge in [-0.25, -0.2) is 4.98 Å². The first-order chi connectivity index (χ1) is 7.31. The molecular formula is C7H7F3N4O2. The maximum atomic E-state index is 11.8. The van der Waals surface area contributed by atoms with Gasteiger partial charge in [-0.15, -0.1) is 0 Å². The largest absolute Gasteiger partial charge is 0.405 e. The van der Waals surface area contributed by atoms with Gasteiger partial charge in [-0.05, 0) is 0 Å². The summed E-state index contributed by atoms with van der Waals surface area (Å²) < 4.78 is 35.4. The molecule has 1 heterocycles. The van der Waals surface area contributed by atoms with Crippen molar-refractivity contribution in [2.24, 2.45) is 5.73 Å². The summed E-state index contributed by atoms with van der Waals surface area (Å²) in [6, 6.07) is 0. The number of imidazole rings is 1. The fourth-order valence-corrected chi connectivity index (χ4v) is 0.923. The number of primary amides is 1. The number of hydrogen-bond acceptors (Lipinski definition) is 3. The number of aromatic nitrogens is 2. The number of nitrogens with one attached hydrogen (secondary N) is 2. The Labute approximate surface area is 87.0 Å². The number of rotatable bonds is 3. The first kappa shape index (κ1) is 12.0. The highest BCUT2D eigenvalue weighted by molar-refractivity contribution is 6.04. The topological polar surface area (TPSA) is 101 Å². The third-order valence-corrected chi connectivity index (χ3v) is 1.55. The molecule has 0 radical (unpaired) electrons. The number of nitrogens with two attached hydrogens (primary N) is 1. The first-order valence-electron chi connectivity index (χ1n) is 3.99. The molecule has 0 aliphatic carbocycles. The van der Waals surface area contributed by atoms with Crippen LogP contribution in [0.4, 0.5) is 13.2 Å². The molecule has 1 aromatic rings. The van der Waals surface area contributed by atoms with Crippen LogP contribution in [0.3, 0.4) is 0 Å². The second-order valence-electron chi connectivity index (χ2n) is 2.79.